The molecule has 0 amide bonds. The summed E-state index contributed by atoms with van der Waals surface area (Å²) in [7, 11) is 0. The molecule has 1 aromatic carbocycles. The average molecular weight is 298 g/mol. The Kier molecular flexibility index (Phi) is 3.93. The number of furan rings is 1. The first-order chi connectivity index (χ1) is 10.8. The maximum atomic E-state index is 5.88. The Morgan fingerprint density at radius 1 is 1.32 bits per heavy atom. The molecule has 2 bridgehead atoms. The molecule has 0 aliphatic carbocycles. The smallest absolute Gasteiger partial charge is 0.134 e. The van der Waals surface area contributed by atoms with E-state index in [1.165, 1.54) is 37.7 Å². The van der Waals surface area contributed by atoms with Gasteiger partial charge in [-0.2, -0.15) is 0 Å². The van der Waals surface area contributed by atoms with Crippen LogP contribution in [0.1, 0.15) is 31.9 Å². The van der Waals surface area contributed by atoms with Gasteiger partial charge in [-0.05, 0) is 43.4 Å². The van der Waals surface area contributed by atoms with Gasteiger partial charge >= 0.3 is 0 Å². The highest BCUT2D eigenvalue weighted by Gasteiger charge is 2.38. The van der Waals surface area contributed by atoms with Crippen LogP contribution >= 0.6 is 0 Å². The first-order valence-corrected chi connectivity index (χ1v) is 8.75. The zero-order valence-corrected chi connectivity index (χ0v) is 13.4. The molecule has 5 rings (SSSR count). The first-order valence-electron chi connectivity index (χ1n) is 8.75. The van der Waals surface area contributed by atoms with Gasteiger partial charge < -0.3 is 9.73 Å². The summed E-state index contributed by atoms with van der Waals surface area (Å²) >= 11 is 0. The number of hydrogen-bond acceptors (Lipinski definition) is 3. The van der Waals surface area contributed by atoms with Crippen LogP contribution in [0.3, 0.4) is 0 Å². The van der Waals surface area contributed by atoms with Crippen LogP contribution in [0.4, 0.5) is 0 Å². The summed E-state index contributed by atoms with van der Waals surface area (Å²) in [5.74, 6) is 2.96. The fourth-order valence-corrected chi connectivity index (χ4v) is 4.41. The molecular formula is C19H26N2O. The lowest BCUT2D eigenvalue weighted by molar-refractivity contribution is 0.000215. The SMILES string of the molecule is CCC1CN2CCC1CC2CNCc1cc2ccccc2o1. The van der Waals surface area contributed by atoms with E-state index in [0.717, 1.165) is 42.3 Å². The third kappa shape index (κ3) is 2.68. The molecule has 0 saturated carbocycles. The van der Waals surface area contributed by atoms with E-state index in [9.17, 15) is 0 Å². The molecule has 1 aromatic heterocycles. The number of nitrogens with zero attached hydrogens (tertiary/aromatic N) is 1. The summed E-state index contributed by atoms with van der Waals surface area (Å²) < 4.78 is 5.88. The van der Waals surface area contributed by atoms with Crippen LogP contribution in [0, 0.1) is 11.8 Å². The van der Waals surface area contributed by atoms with Gasteiger partial charge in [0.2, 0.25) is 0 Å². The van der Waals surface area contributed by atoms with E-state index in [4.69, 9.17) is 4.42 Å². The summed E-state index contributed by atoms with van der Waals surface area (Å²) in [6.45, 7) is 6.89. The van der Waals surface area contributed by atoms with E-state index < -0.39 is 0 Å². The van der Waals surface area contributed by atoms with Crippen molar-refractivity contribution in [1.82, 2.24) is 10.2 Å². The Hall–Kier alpha value is -1.32. The molecule has 0 spiro atoms. The summed E-state index contributed by atoms with van der Waals surface area (Å²) in [5, 5.41) is 4.81. The minimum Gasteiger partial charge on any atom is -0.460 e. The maximum Gasteiger partial charge on any atom is 0.134 e. The molecule has 22 heavy (non-hydrogen) atoms. The van der Waals surface area contributed by atoms with Gasteiger partial charge in [-0.3, -0.25) is 4.90 Å². The van der Waals surface area contributed by atoms with E-state index >= 15 is 0 Å². The molecule has 3 fully saturated rings. The van der Waals surface area contributed by atoms with Crippen molar-refractivity contribution in [3.05, 3.63) is 36.1 Å². The second-order valence-corrected chi connectivity index (χ2v) is 6.98. The van der Waals surface area contributed by atoms with Crippen molar-refractivity contribution in [1.29, 1.82) is 0 Å². The minimum absolute atomic E-state index is 0.728. The standard InChI is InChI=1S/C19H26N2O/c1-2-14-13-21-8-7-15(14)9-17(21)11-20-12-18-10-16-5-3-4-6-19(16)22-18/h3-6,10,14-15,17,20H,2,7-9,11-13H2,1H3. The van der Waals surface area contributed by atoms with E-state index in [2.05, 4.69) is 35.3 Å². The third-order valence-corrected chi connectivity index (χ3v) is 5.69. The van der Waals surface area contributed by atoms with Crippen molar-refractivity contribution in [2.75, 3.05) is 19.6 Å². The van der Waals surface area contributed by atoms with Crippen LogP contribution < -0.4 is 5.32 Å². The van der Waals surface area contributed by atoms with Crippen molar-refractivity contribution < 1.29 is 4.42 Å². The van der Waals surface area contributed by atoms with E-state index in [0.29, 0.717) is 0 Å². The van der Waals surface area contributed by atoms with Gasteiger partial charge in [0.15, 0.2) is 0 Å². The van der Waals surface area contributed by atoms with Crippen LogP contribution in [0.15, 0.2) is 34.7 Å². The summed E-state index contributed by atoms with van der Waals surface area (Å²) in [4.78, 5) is 2.71. The number of piperidine rings is 3. The molecular weight excluding hydrogens is 272 g/mol. The van der Waals surface area contributed by atoms with Gasteiger partial charge in [0.25, 0.3) is 0 Å². The highest BCUT2D eigenvalue weighted by atomic mass is 16.3. The fraction of sp³-hybridized carbons (Fsp3) is 0.579. The number of para-hydroxylation sites is 1. The molecule has 3 heteroatoms. The maximum absolute atomic E-state index is 5.88. The lowest BCUT2D eigenvalue weighted by Gasteiger charge is -2.50. The summed E-state index contributed by atoms with van der Waals surface area (Å²) in [6, 6.07) is 11.1. The van der Waals surface area contributed by atoms with Gasteiger partial charge in [0, 0.05) is 24.5 Å². The Morgan fingerprint density at radius 2 is 2.23 bits per heavy atom. The highest BCUT2D eigenvalue weighted by Crippen LogP contribution is 2.37. The molecule has 3 nitrogen and oxygen atoms in total. The lowest BCUT2D eigenvalue weighted by atomic mass is 9.74. The average Bonchev–Trinajstić information content (AvgIpc) is 2.98. The van der Waals surface area contributed by atoms with E-state index in [-0.39, 0.29) is 0 Å². The van der Waals surface area contributed by atoms with Gasteiger partial charge in [0.1, 0.15) is 11.3 Å². The fourth-order valence-electron chi connectivity index (χ4n) is 4.41. The number of rotatable bonds is 5. The van der Waals surface area contributed by atoms with Crippen molar-refractivity contribution in [3.63, 3.8) is 0 Å². The monoisotopic (exact) mass is 298 g/mol. The second kappa shape index (κ2) is 6.05. The van der Waals surface area contributed by atoms with E-state index in [1.807, 2.05) is 12.1 Å². The second-order valence-electron chi connectivity index (χ2n) is 6.98. The van der Waals surface area contributed by atoms with Crippen LogP contribution in [0.2, 0.25) is 0 Å². The van der Waals surface area contributed by atoms with Gasteiger partial charge in [0.05, 0.1) is 6.54 Å². The highest BCUT2D eigenvalue weighted by molar-refractivity contribution is 5.77. The third-order valence-electron chi connectivity index (χ3n) is 5.69. The number of fused-ring (bicyclic) bond motifs is 4. The Labute approximate surface area is 132 Å². The Bertz CT molecular complexity index is 602. The molecule has 1 N–H and O–H groups in total. The largest absolute Gasteiger partial charge is 0.460 e. The Morgan fingerprint density at radius 3 is 3.00 bits per heavy atom. The zero-order valence-electron chi connectivity index (χ0n) is 13.4. The molecule has 2 aromatic rings. The topological polar surface area (TPSA) is 28.4 Å². The summed E-state index contributed by atoms with van der Waals surface area (Å²) in [6.07, 6.45) is 4.14. The molecule has 3 aliphatic rings. The van der Waals surface area contributed by atoms with Crippen molar-refractivity contribution in [3.8, 4) is 0 Å². The lowest BCUT2D eigenvalue weighted by Crippen LogP contribution is -2.56. The van der Waals surface area contributed by atoms with Gasteiger partial charge in [-0.25, -0.2) is 0 Å². The van der Waals surface area contributed by atoms with Crippen molar-refractivity contribution in [2.45, 2.75) is 38.8 Å². The van der Waals surface area contributed by atoms with Crippen LogP contribution in [-0.2, 0) is 6.54 Å². The number of benzene rings is 1. The van der Waals surface area contributed by atoms with Crippen LogP contribution in [-0.4, -0.2) is 30.6 Å². The first kappa shape index (κ1) is 14.3. The Balaban J connectivity index is 1.32. The van der Waals surface area contributed by atoms with Crippen molar-refractivity contribution in [2.24, 2.45) is 11.8 Å². The number of nitrogens with one attached hydrogen (secondary N) is 1. The number of hydrogen-bond donors (Lipinski definition) is 1. The molecule has 3 saturated heterocycles. The molecule has 4 unspecified atom stereocenters. The minimum atomic E-state index is 0.728. The molecule has 118 valence electrons. The normalized spacial score (nSPS) is 31.0. The molecule has 4 atom stereocenters. The summed E-state index contributed by atoms with van der Waals surface area (Å²) in [5.41, 5.74) is 0.991. The van der Waals surface area contributed by atoms with Crippen LogP contribution in [0.25, 0.3) is 11.0 Å². The predicted octanol–water partition coefficient (Wildman–Crippen LogP) is 3.64. The predicted molar refractivity (Wildman–Crippen MR) is 89.8 cm³/mol. The zero-order chi connectivity index (χ0) is 14.9. The van der Waals surface area contributed by atoms with Crippen molar-refractivity contribution >= 4 is 11.0 Å². The van der Waals surface area contributed by atoms with Gasteiger partial charge in [-0.15, -0.1) is 0 Å². The van der Waals surface area contributed by atoms with Crippen LogP contribution in [0.5, 0.6) is 0 Å². The molecule has 4 heterocycles. The molecule has 0 radical (unpaired) electrons. The van der Waals surface area contributed by atoms with E-state index in [1.54, 1.807) is 0 Å². The van der Waals surface area contributed by atoms with Gasteiger partial charge in [-0.1, -0.05) is 31.5 Å². The quantitative estimate of drug-likeness (QED) is 0.913. The molecule has 3 aliphatic heterocycles.